The molecule has 158 valence electrons. The summed E-state index contributed by atoms with van der Waals surface area (Å²) in [5, 5.41) is 2.52. The highest BCUT2D eigenvalue weighted by Gasteiger charge is 2.47. The van der Waals surface area contributed by atoms with Gasteiger partial charge in [0.1, 0.15) is 12.1 Å². The number of hydrogen-bond acceptors (Lipinski definition) is 7. The van der Waals surface area contributed by atoms with E-state index < -0.39 is 51.9 Å². The lowest BCUT2D eigenvalue weighted by atomic mass is 9.99. The van der Waals surface area contributed by atoms with Gasteiger partial charge < -0.3 is 10.1 Å². The second kappa shape index (κ2) is 8.19. The zero-order valence-corrected chi connectivity index (χ0v) is 17.3. The Morgan fingerprint density at radius 1 is 1.24 bits per heavy atom. The minimum Gasteiger partial charge on any atom is -0.453 e. The van der Waals surface area contributed by atoms with E-state index in [2.05, 4.69) is 10.0 Å². The molecule has 0 aliphatic carbocycles. The maximum atomic E-state index is 12.4. The molecule has 1 heterocycles. The lowest BCUT2D eigenvalue weighted by Crippen LogP contribution is -2.43. The molecule has 2 rings (SSSR count). The summed E-state index contributed by atoms with van der Waals surface area (Å²) in [6.07, 6.45) is 0.207. The van der Waals surface area contributed by atoms with Gasteiger partial charge in [0.05, 0.1) is 6.26 Å². The van der Waals surface area contributed by atoms with Gasteiger partial charge in [0, 0.05) is 11.3 Å². The number of sulfonamides is 1. The number of hydrogen-bond donors (Lipinski definition) is 2. The number of nitrogens with zero attached hydrogens (tertiary/aromatic N) is 1. The van der Waals surface area contributed by atoms with Crippen LogP contribution in [0.3, 0.4) is 0 Å². The van der Waals surface area contributed by atoms with Gasteiger partial charge in [-0.05, 0) is 44.5 Å². The van der Waals surface area contributed by atoms with Crippen LogP contribution in [0.2, 0.25) is 0 Å². The summed E-state index contributed by atoms with van der Waals surface area (Å²) >= 11 is 0. The van der Waals surface area contributed by atoms with Crippen molar-refractivity contribution >= 4 is 39.4 Å². The Bertz CT molecular complexity index is 943. The molecular weight excluding hydrogens is 402 g/mol. The number of imide groups is 1. The molecule has 2 N–H and O–H groups in total. The number of nitrogens with one attached hydrogen (secondary N) is 2. The van der Waals surface area contributed by atoms with Crippen molar-refractivity contribution in [2.75, 3.05) is 17.5 Å². The summed E-state index contributed by atoms with van der Waals surface area (Å²) in [6, 6.07) is 4.90. The Labute approximate surface area is 168 Å². The second-order valence-electron chi connectivity index (χ2n) is 6.96. The van der Waals surface area contributed by atoms with E-state index in [9.17, 15) is 27.6 Å². The number of urea groups is 1. The fourth-order valence-corrected chi connectivity index (χ4v) is 3.26. The molecule has 11 heteroatoms. The summed E-state index contributed by atoms with van der Waals surface area (Å²) in [4.78, 5) is 49.5. The normalized spacial score (nSPS) is 20.2. The smallest absolute Gasteiger partial charge is 0.326 e. The Morgan fingerprint density at radius 3 is 2.31 bits per heavy atom. The first-order valence-corrected chi connectivity index (χ1v) is 10.7. The largest absolute Gasteiger partial charge is 0.453 e. The van der Waals surface area contributed by atoms with Crippen LogP contribution in [0.4, 0.5) is 10.5 Å². The highest BCUT2D eigenvalue weighted by molar-refractivity contribution is 7.92. The number of rotatable bonds is 8. The van der Waals surface area contributed by atoms with Crippen molar-refractivity contribution in [1.29, 1.82) is 0 Å². The summed E-state index contributed by atoms with van der Waals surface area (Å²) in [6.45, 7) is 4.06. The van der Waals surface area contributed by atoms with Gasteiger partial charge in [-0.15, -0.1) is 0 Å². The van der Waals surface area contributed by atoms with E-state index in [1.165, 1.54) is 31.2 Å². The fraction of sp³-hybridized carbons (Fsp3) is 0.444. The quantitative estimate of drug-likeness (QED) is 0.358. The minimum absolute atomic E-state index is 0.206. The Morgan fingerprint density at radius 2 is 1.83 bits per heavy atom. The van der Waals surface area contributed by atoms with Crippen molar-refractivity contribution in [3.8, 4) is 0 Å². The van der Waals surface area contributed by atoms with E-state index in [1.807, 2.05) is 0 Å². The first-order valence-electron chi connectivity index (χ1n) is 8.82. The number of carbonyl (C=O) groups excluding carboxylic acids is 4. The molecule has 1 saturated heterocycles. The third-order valence-electron chi connectivity index (χ3n) is 4.49. The van der Waals surface area contributed by atoms with Gasteiger partial charge >= 0.3 is 12.0 Å². The monoisotopic (exact) mass is 425 g/mol. The molecule has 0 spiro atoms. The Hall–Kier alpha value is -2.95. The van der Waals surface area contributed by atoms with Crippen molar-refractivity contribution in [2.24, 2.45) is 0 Å². The van der Waals surface area contributed by atoms with Gasteiger partial charge in [0.15, 0.2) is 6.10 Å². The average molecular weight is 425 g/mol. The van der Waals surface area contributed by atoms with Crippen LogP contribution in [-0.4, -0.2) is 61.5 Å². The summed E-state index contributed by atoms with van der Waals surface area (Å²) < 4.78 is 29.7. The molecule has 2 unspecified atom stereocenters. The first-order chi connectivity index (χ1) is 13.4. The highest BCUT2D eigenvalue weighted by Crippen LogP contribution is 2.21. The molecule has 10 nitrogen and oxygen atoms in total. The maximum absolute atomic E-state index is 12.4. The molecule has 0 radical (unpaired) electrons. The fourth-order valence-electron chi connectivity index (χ4n) is 2.70. The van der Waals surface area contributed by atoms with Crippen molar-refractivity contribution in [1.82, 2.24) is 10.2 Å². The van der Waals surface area contributed by atoms with Crippen molar-refractivity contribution < 1.29 is 32.3 Å². The topological polar surface area (TPSA) is 139 Å². The summed E-state index contributed by atoms with van der Waals surface area (Å²) in [5.41, 5.74) is -0.579. The third kappa shape index (κ3) is 5.31. The number of ether oxygens (including phenoxy) is 1. The van der Waals surface area contributed by atoms with Gasteiger partial charge in [-0.3, -0.25) is 24.0 Å². The number of amides is 3. The Balaban J connectivity index is 1.98. The van der Waals surface area contributed by atoms with Crippen molar-refractivity contribution in [2.45, 2.75) is 38.8 Å². The first kappa shape index (κ1) is 22.3. The van der Waals surface area contributed by atoms with Gasteiger partial charge in [-0.2, -0.15) is 0 Å². The summed E-state index contributed by atoms with van der Waals surface area (Å²) in [5.74, 6) is -1.94. The van der Waals surface area contributed by atoms with Crippen molar-refractivity contribution in [3.05, 3.63) is 29.8 Å². The zero-order valence-electron chi connectivity index (χ0n) is 16.5. The molecule has 29 heavy (non-hydrogen) atoms. The van der Waals surface area contributed by atoms with E-state index in [4.69, 9.17) is 4.74 Å². The number of ketones is 1. The molecule has 0 aromatic heterocycles. The molecule has 1 aromatic carbocycles. The van der Waals surface area contributed by atoms with E-state index >= 15 is 0 Å². The van der Waals surface area contributed by atoms with Crippen LogP contribution in [-0.2, 0) is 24.3 Å². The lowest BCUT2D eigenvalue weighted by Gasteiger charge is -2.19. The van der Waals surface area contributed by atoms with Gasteiger partial charge in [-0.1, -0.05) is 6.92 Å². The van der Waals surface area contributed by atoms with Crippen LogP contribution >= 0.6 is 0 Å². The second-order valence-corrected chi connectivity index (χ2v) is 8.70. The predicted molar refractivity (Wildman–Crippen MR) is 104 cm³/mol. The molecule has 1 aliphatic rings. The van der Waals surface area contributed by atoms with Crippen LogP contribution in [0, 0.1) is 0 Å². The molecule has 1 fully saturated rings. The molecule has 0 bridgehead atoms. The maximum Gasteiger partial charge on any atom is 0.326 e. The molecule has 3 amide bonds. The van der Waals surface area contributed by atoms with Crippen molar-refractivity contribution in [3.63, 3.8) is 0 Å². The van der Waals surface area contributed by atoms with Crippen LogP contribution in [0.25, 0.3) is 0 Å². The van der Waals surface area contributed by atoms with E-state index in [0.717, 1.165) is 11.2 Å². The minimum atomic E-state index is -3.44. The third-order valence-corrected chi connectivity index (χ3v) is 5.10. The van der Waals surface area contributed by atoms with Gasteiger partial charge in [-0.25, -0.2) is 13.2 Å². The van der Waals surface area contributed by atoms with Crippen LogP contribution in [0.1, 0.15) is 37.6 Å². The van der Waals surface area contributed by atoms with Gasteiger partial charge in [0.25, 0.3) is 5.91 Å². The molecule has 2 atom stereocenters. The number of carbonyl (C=O) groups is 4. The highest BCUT2D eigenvalue weighted by atomic mass is 32.2. The zero-order chi connectivity index (χ0) is 22.0. The van der Waals surface area contributed by atoms with Crippen LogP contribution in [0.15, 0.2) is 24.3 Å². The predicted octanol–water partition coefficient (Wildman–Crippen LogP) is 0.893. The molecule has 0 saturated carbocycles. The lowest BCUT2D eigenvalue weighted by molar-refractivity contribution is -0.149. The summed E-state index contributed by atoms with van der Waals surface area (Å²) in [7, 11) is -3.44. The molecule has 1 aromatic rings. The number of esters is 1. The number of benzene rings is 1. The average Bonchev–Trinajstić information content (AvgIpc) is 2.84. The van der Waals surface area contributed by atoms with E-state index in [-0.39, 0.29) is 11.3 Å². The van der Waals surface area contributed by atoms with E-state index in [0.29, 0.717) is 6.42 Å². The van der Waals surface area contributed by atoms with E-state index in [1.54, 1.807) is 13.8 Å². The van der Waals surface area contributed by atoms with Crippen LogP contribution in [0.5, 0.6) is 0 Å². The Kier molecular flexibility index (Phi) is 6.31. The molecule has 1 aliphatic heterocycles. The number of Topliss-reactive ketones (excluding diaryl/α,β-unsaturated/α-hetero) is 1. The SMILES string of the molecule is CCC1(C)NC(=O)N(CC(=O)OC(C)C(=O)c2ccc(NS(C)(=O)=O)cc2)C1=O. The molecular formula is C18H23N3O7S. The number of anilines is 1. The van der Waals surface area contributed by atoms with Gasteiger partial charge in [0.2, 0.25) is 15.8 Å². The van der Waals surface area contributed by atoms with Crippen LogP contribution < -0.4 is 10.0 Å². The standard InChI is InChI=1S/C18H23N3O7S/c1-5-18(3)16(24)21(17(25)19-18)10-14(22)28-11(2)15(23)12-6-8-13(9-7-12)20-29(4,26)27/h6-9,11,20H,5,10H2,1-4H3,(H,19,25).